The van der Waals surface area contributed by atoms with Crippen molar-refractivity contribution in [1.29, 1.82) is 0 Å². The molecule has 0 unspecified atom stereocenters. The zero-order chi connectivity index (χ0) is 14.8. The van der Waals surface area contributed by atoms with Crippen LogP contribution in [0, 0.1) is 10.1 Å². The number of nitrogens with one attached hydrogen (secondary N) is 1. The number of nitro groups is 1. The van der Waals surface area contributed by atoms with Gasteiger partial charge in [-0.2, -0.15) is 0 Å². The third-order valence-corrected chi connectivity index (χ3v) is 3.51. The number of hydrogen-bond acceptors (Lipinski definition) is 5. The molecule has 2 N–H and O–H groups in total. The van der Waals surface area contributed by atoms with E-state index in [1.807, 2.05) is 0 Å². The molecule has 0 radical (unpaired) electrons. The highest BCUT2D eigenvalue weighted by Crippen LogP contribution is 2.32. The van der Waals surface area contributed by atoms with Crippen LogP contribution in [0.1, 0.15) is 29.6 Å². The number of carbonyl (C=O) groups is 1. The van der Waals surface area contributed by atoms with E-state index in [4.69, 9.17) is 4.74 Å². The van der Waals surface area contributed by atoms with Gasteiger partial charge in [-0.25, -0.2) is 0 Å². The van der Waals surface area contributed by atoms with E-state index in [1.54, 1.807) is 0 Å². The second-order valence-electron chi connectivity index (χ2n) is 4.87. The molecule has 0 aliphatic heterocycles. The van der Waals surface area contributed by atoms with Crippen LogP contribution in [0.3, 0.4) is 0 Å². The molecule has 1 aromatic carbocycles. The first-order chi connectivity index (χ1) is 9.47. The van der Waals surface area contributed by atoms with Crippen LogP contribution < -0.4 is 10.1 Å². The number of nitro benzene ring substituents is 1. The van der Waals surface area contributed by atoms with E-state index in [1.165, 1.54) is 25.3 Å². The quantitative estimate of drug-likeness (QED) is 0.624. The van der Waals surface area contributed by atoms with Gasteiger partial charge in [-0.3, -0.25) is 14.9 Å². The van der Waals surface area contributed by atoms with Gasteiger partial charge in [0.1, 0.15) is 5.75 Å². The Morgan fingerprint density at radius 3 is 2.75 bits per heavy atom. The highest BCUT2D eigenvalue weighted by molar-refractivity contribution is 6.00. The molecule has 0 atom stereocenters. The van der Waals surface area contributed by atoms with E-state index >= 15 is 0 Å². The summed E-state index contributed by atoms with van der Waals surface area (Å²) in [6.07, 6.45) is 2.17. The monoisotopic (exact) mass is 280 g/mol. The molecule has 0 spiro atoms. The summed E-state index contributed by atoms with van der Waals surface area (Å²) in [6, 6.07) is 4.18. The molecule has 108 valence electrons. The molecule has 1 amide bonds. The fourth-order valence-corrected chi connectivity index (χ4v) is 2.16. The lowest BCUT2D eigenvalue weighted by molar-refractivity contribution is -0.385. The largest absolute Gasteiger partial charge is 0.496 e. The minimum atomic E-state index is -0.882. The van der Waals surface area contributed by atoms with E-state index in [-0.39, 0.29) is 23.5 Å². The molecule has 7 heteroatoms. The van der Waals surface area contributed by atoms with Crippen molar-refractivity contribution in [2.24, 2.45) is 0 Å². The highest BCUT2D eigenvalue weighted by atomic mass is 16.6. The number of rotatable bonds is 5. The van der Waals surface area contributed by atoms with E-state index in [0.29, 0.717) is 12.8 Å². The Labute approximate surface area is 115 Å². The van der Waals surface area contributed by atoms with Crippen LogP contribution in [-0.4, -0.2) is 35.2 Å². The zero-order valence-electron chi connectivity index (χ0n) is 11.1. The molecule has 1 saturated carbocycles. The van der Waals surface area contributed by atoms with Gasteiger partial charge in [-0.15, -0.1) is 0 Å². The fourth-order valence-electron chi connectivity index (χ4n) is 2.16. The summed E-state index contributed by atoms with van der Waals surface area (Å²) in [5.74, 6) is -0.480. The fraction of sp³-hybridized carbons (Fsp3) is 0.462. The Kier molecular flexibility index (Phi) is 3.89. The Balaban J connectivity index is 2.21. The highest BCUT2D eigenvalue weighted by Gasteiger charge is 2.35. The minimum Gasteiger partial charge on any atom is -0.496 e. The van der Waals surface area contributed by atoms with Gasteiger partial charge < -0.3 is 15.2 Å². The number of ether oxygens (including phenoxy) is 1. The van der Waals surface area contributed by atoms with Crippen LogP contribution in [0.25, 0.3) is 0 Å². The van der Waals surface area contributed by atoms with Crippen molar-refractivity contribution in [2.45, 2.75) is 24.9 Å². The summed E-state index contributed by atoms with van der Waals surface area (Å²) < 4.78 is 5.00. The number of methoxy groups -OCH3 is 1. The molecular formula is C13H16N2O5. The van der Waals surface area contributed by atoms with Crippen molar-refractivity contribution in [3.8, 4) is 5.75 Å². The molecule has 0 aromatic heterocycles. The van der Waals surface area contributed by atoms with Crippen molar-refractivity contribution in [3.05, 3.63) is 33.9 Å². The van der Waals surface area contributed by atoms with E-state index < -0.39 is 16.4 Å². The van der Waals surface area contributed by atoms with Crippen LogP contribution >= 0.6 is 0 Å². The lowest BCUT2D eigenvalue weighted by atomic mass is 9.80. The topological polar surface area (TPSA) is 102 Å². The molecule has 2 rings (SSSR count). The normalized spacial score (nSPS) is 16.1. The summed E-state index contributed by atoms with van der Waals surface area (Å²) in [5, 5.41) is 23.5. The third kappa shape index (κ3) is 2.72. The van der Waals surface area contributed by atoms with Crippen LogP contribution in [0.5, 0.6) is 5.75 Å². The maximum Gasteiger partial charge on any atom is 0.285 e. The molecule has 0 saturated heterocycles. The first-order valence-electron chi connectivity index (χ1n) is 6.29. The van der Waals surface area contributed by atoms with Gasteiger partial charge in [-0.1, -0.05) is 6.07 Å². The summed E-state index contributed by atoms with van der Waals surface area (Å²) in [7, 11) is 1.34. The number of benzene rings is 1. The molecule has 1 aliphatic carbocycles. The maximum absolute atomic E-state index is 12.1. The third-order valence-electron chi connectivity index (χ3n) is 3.51. The Morgan fingerprint density at radius 1 is 1.55 bits per heavy atom. The number of aliphatic hydroxyl groups is 1. The molecule has 0 heterocycles. The summed E-state index contributed by atoms with van der Waals surface area (Å²) >= 11 is 0. The lowest BCUT2D eigenvalue weighted by Gasteiger charge is -2.36. The van der Waals surface area contributed by atoms with Gasteiger partial charge in [0.25, 0.3) is 11.6 Å². The number of nitrogens with zero attached hydrogens (tertiary/aromatic N) is 1. The van der Waals surface area contributed by atoms with Crippen LogP contribution in [0.15, 0.2) is 18.2 Å². The summed E-state index contributed by atoms with van der Waals surface area (Å²) in [6.45, 7) is 0.0844. The molecular weight excluding hydrogens is 264 g/mol. The van der Waals surface area contributed by atoms with Crippen LogP contribution in [-0.2, 0) is 0 Å². The van der Waals surface area contributed by atoms with E-state index in [0.717, 1.165) is 6.42 Å². The molecule has 1 aliphatic rings. The molecule has 1 fully saturated rings. The number of carbonyl (C=O) groups excluding carboxylic acids is 1. The molecule has 1 aromatic rings. The Bertz CT molecular complexity index is 540. The van der Waals surface area contributed by atoms with Gasteiger partial charge in [0.2, 0.25) is 0 Å². The maximum atomic E-state index is 12.1. The number of amides is 1. The molecule has 0 bridgehead atoms. The van der Waals surface area contributed by atoms with Crippen LogP contribution in [0.4, 0.5) is 5.69 Å². The first-order valence-corrected chi connectivity index (χ1v) is 6.29. The van der Waals surface area contributed by atoms with Gasteiger partial charge >= 0.3 is 0 Å². The Morgan fingerprint density at radius 2 is 2.25 bits per heavy atom. The van der Waals surface area contributed by atoms with Crippen molar-refractivity contribution < 1.29 is 19.6 Å². The summed E-state index contributed by atoms with van der Waals surface area (Å²) in [5.41, 5.74) is -1.32. The van der Waals surface area contributed by atoms with Gasteiger partial charge in [0.05, 0.1) is 17.6 Å². The van der Waals surface area contributed by atoms with Gasteiger partial charge in [0, 0.05) is 12.6 Å². The minimum absolute atomic E-state index is 0.0844. The SMILES string of the molecule is COc1cccc([N+](=O)[O-])c1C(=O)NCC1(O)CCC1. The van der Waals surface area contributed by atoms with Gasteiger partial charge in [0.15, 0.2) is 5.56 Å². The summed E-state index contributed by atoms with van der Waals surface area (Å²) in [4.78, 5) is 22.5. The van der Waals surface area contributed by atoms with Crippen molar-refractivity contribution in [1.82, 2.24) is 5.32 Å². The smallest absolute Gasteiger partial charge is 0.285 e. The van der Waals surface area contributed by atoms with Crippen molar-refractivity contribution >= 4 is 11.6 Å². The first kappa shape index (κ1) is 14.3. The zero-order valence-corrected chi connectivity index (χ0v) is 11.1. The predicted molar refractivity (Wildman–Crippen MR) is 70.8 cm³/mol. The standard InChI is InChI=1S/C13H16N2O5/c1-20-10-5-2-4-9(15(18)19)11(10)12(16)14-8-13(17)6-3-7-13/h2,4-5,17H,3,6-8H2,1H3,(H,14,16). The second kappa shape index (κ2) is 5.46. The van der Waals surface area contributed by atoms with Crippen LogP contribution in [0.2, 0.25) is 0 Å². The Hall–Kier alpha value is -2.15. The van der Waals surface area contributed by atoms with Crippen molar-refractivity contribution in [3.63, 3.8) is 0 Å². The molecule has 20 heavy (non-hydrogen) atoms. The predicted octanol–water partition coefficient (Wildman–Crippen LogP) is 1.25. The average Bonchev–Trinajstić information content (AvgIpc) is 2.41. The van der Waals surface area contributed by atoms with E-state index in [9.17, 15) is 20.0 Å². The molecule has 7 nitrogen and oxygen atoms in total. The van der Waals surface area contributed by atoms with E-state index in [2.05, 4.69) is 5.32 Å². The van der Waals surface area contributed by atoms with Crippen molar-refractivity contribution in [2.75, 3.05) is 13.7 Å². The number of hydrogen-bond donors (Lipinski definition) is 2. The lowest BCUT2D eigenvalue weighted by Crippen LogP contribution is -2.47. The van der Waals surface area contributed by atoms with Gasteiger partial charge in [-0.05, 0) is 25.3 Å². The average molecular weight is 280 g/mol. The second-order valence-corrected chi connectivity index (χ2v) is 4.87.